The lowest BCUT2D eigenvalue weighted by Gasteiger charge is -2.29. The number of rotatable bonds is 5. The van der Waals surface area contributed by atoms with Crippen LogP contribution in [0.25, 0.3) is 0 Å². The van der Waals surface area contributed by atoms with Crippen molar-refractivity contribution < 1.29 is 4.79 Å². The Morgan fingerprint density at radius 3 is 2.62 bits per heavy atom. The molecule has 1 aromatic carbocycles. The molecule has 1 amide bonds. The quantitative estimate of drug-likeness (QED) is 0.875. The number of hydrogen-bond donors (Lipinski definition) is 2. The predicted octanol–water partition coefficient (Wildman–Crippen LogP) is 3.10. The summed E-state index contributed by atoms with van der Waals surface area (Å²) in [4.78, 5) is 13.9. The van der Waals surface area contributed by atoms with E-state index in [0.29, 0.717) is 6.42 Å². The van der Waals surface area contributed by atoms with Gasteiger partial charge in [0.25, 0.3) is 0 Å². The summed E-state index contributed by atoms with van der Waals surface area (Å²) in [6.07, 6.45) is 3.02. The second-order valence-corrected chi connectivity index (χ2v) is 6.01. The molecular formula is C17H27N3O. The molecule has 1 fully saturated rings. The van der Waals surface area contributed by atoms with E-state index in [1.54, 1.807) is 0 Å². The molecule has 0 unspecified atom stereocenters. The van der Waals surface area contributed by atoms with Crippen LogP contribution < -0.4 is 10.6 Å². The molecule has 4 heteroatoms. The molecule has 0 saturated carbocycles. The van der Waals surface area contributed by atoms with E-state index in [2.05, 4.69) is 35.6 Å². The lowest BCUT2D eigenvalue weighted by atomic mass is 9.97. The maximum absolute atomic E-state index is 11.5. The zero-order chi connectivity index (χ0) is 15.2. The van der Waals surface area contributed by atoms with Gasteiger partial charge in [-0.15, -0.1) is 0 Å². The number of carbonyl (C=O) groups is 1. The van der Waals surface area contributed by atoms with Gasteiger partial charge in [-0.2, -0.15) is 0 Å². The van der Waals surface area contributed by atoms with Crippen LogP contribution in [-0.4, -0.2) is 37.5 Å². The van der Waals surface area contributed by atoms with Crippen molar-refractivity contribution in [2.75, 3.05) is 37.3 Å². The minimum atomic E-state index is 0.0607. The SMILES string of the molecule is CCC(=O)Nc1cccc(NCC2CCN(C)CC2)c1C. The number of benzene rings is 1. The standard InChI is InChI=1S/C17H27N3O/c1-4-17(21)19-16-7-5-6-15(13(16)2)18-12-14-8-10-20(3)11-9-14/h5-7,14,18H,4,8-12H2,1-3H3,(H,19,21). The first-order chi connectivity index (χ1) is 10.1. The zero-order valence-corrected chi connectivity index (χ0v) is 13.4. The molecule has 0 aliphatic carbocycles. The molecule has 0 atom stereocenters. The lowest BCUT2D eigenvalue weighted by Crippen LogP contribution is -2.33. The van der Waals surface area contributed by atoms with E-state index in [1.165, 1.54) is 25.9 Å². The number of hydrogen-bond acceptors (Lipinski definition) is 3. The maximum Gasteiger partial charge on any atom is 0.224 e. The van der Waals surface area contributed by atoms with Gasteiger partial charge < -0.3 is 15.5 Å². The number of nitrogens with zero attached hydrogens (tertiary/aromatic N) is 1. The van der Waals surface area contributed by atoms with Gasteiger partial charge in [-0.1, -0.05) is 13.0 Å². The summed E-state index contributed by atoms with van der Waals surface area (Å²) >= 11 is 0. The van der Waals surface area contributed by atoms with Gasteiger partial charge >= 0.3 is 0 Å². The molecular weight excluding hydrogens is 262 g/mol. The Morgan fingerprint density at radius 1 is 1.29 bits per heavy atom. The van der Waals surface area contributed by atoms with E-state index in [4.69, 9.17) is 0 Å². The van der Waals surface area contributed by atoms with E-state index >= 15 is 0 Å². The summed E-state index contributed by atoms with van der Waals surface area (Å²) in [6.45, 7) is 7.32. The van der Waals surface area contributed by atoms with Crippen LogP contribution in [0.2, 0.25) is 0 Å². The Labute approximate surface area is 127 Å². The molecule has 116 valence electrons. The molecule has 0 radical (unpaired) electrons. The van der Waals surface area contributed by atoms with E-state index in [1.807, 2.05) is 19.1 Å². The minimum Gasteiger partial charge on any atom is -0.384 e. The van der Waals surface area contributed by atoms with Gasteiger partial charge in [0, 0.05) is 24.3 Å². The van der Waals surface area contributed by atoms with Crippen molar-refractivity contribution in [1.29, 1.82) is 0 Å². The van der Waals surface area contributed by atoms with Gasteiger partial charge in [0.2, 0.25) is 5.91 Å². The largest absolute Gasteiger partial charge is 0.384 e. The number of amides is 1. The molecule has 1 aliphatic heterocycles. The van der Waals surface area contributed by atoms with Gasteiger partial charge in [-0.25, -0.2) is 0 Å². The van der Waals surface area contributed by atoms with Crippen LogP contribution in [0.1, 0.15) is 31.7 Å². The van der Waals surface area contributed by atoms with Crippen molar-refractivity contribution in [3.63, 3.8) is 0 Å². The first-order valence-corrected chi connectivity index (χ1v) is 7.92. The topological polar surface area (TPSA) is 44.4 Å². The molecule has 0 bridgehead atoms. The molecule has 0 aromatic heterocycles. The summed E-state index contributed by atoms with van der Waals surface area (Å²) in [5.74, 6) is 0.806. The molecule has 4 nitrogen and oxygen atoms in total. The van der Waals surface area contributed by atoms with Crippen LogP contribution in [0.15, 0.2) is 18.2 Å². The Morgan fingerprint density at radius 2 is 1.95 bits per heavy atom. The summed E-state index contributed by atoms with van der Waals surface area (Å²) in [7, 11) is 2.19. The lowest BCUT2D eigenvalue weighted by molar-refractivity contribution is -0.115. The second-order valence-electron chi connectivity index (χ2n) is 6.01. The summed E-state index contributed by atoms with van der Waals surface area (Å²) in [5.41, 5.74) is 3.16. The third-order valence-corrected chi connectivity index (χ3v) is 4.35. The highest BCUT2D eigenvalue weighted by Gasteiger charge is 2.16. The van der Waals surface area contributed by atoms with Gasteiger partial charge in [-0.05, 0) is 63.5 Å². The molecule has 2 N–H and O–H groups in total. The number of anilines is 2. The first kappa shape index (κ1) is 15.8. The van der Waals surface area contributed by atoms with E-state index in [0.717, 1.165) is 29.4 Å². The summed E-state index contributed by atoms with van der Waals surface area (Å²) in [6, 6.07) is 6.05. The predicted molar refractivity (Wildman–Crippen MR) is 88.8 cm³/mol. The zero-order valence-electron chi connectivity index (χ0n) is 13.4. The van der Waals surface area contributed by atoms with Crippen molar-refractivity contribution in [2.45, 2.75) is 33.1 Å². The van der Waals surface area contributed by atoms with E-state index < -0.39 is 0 Å². The van der Waals surface area contributed by atoms with Crippen molar-refractivity contribution >= 4 is 17.3 Å². The van der Waals surface area contributed by atoms with Crippen molar-refractivity contribution in [2.24, 2.45) is 5.92 Å². The van der Waals surface area contributed by atoms with Crippen LogP contribution in [0.4, 0.5) is 11.4 Å². The third kappa shape index (κ3) is 4.46. The van der Waals surface area contributed by atoms with Gasteiger partial charge in [0.1, 0.15) is 0 Å². The third-order valence-electron chi connectivity index (χ3n) is 4.35. The number of likely N-dealkylation sites (tertiary alicyclic amines) is 1. The highest BCUT2D eigenvalue weighted by Crippen LogP contribution is 2.25. The van der Waals surface area contributed by atoms with Gasteiger partial charge in [-0.3, -0.25) is 4.79 Å². The summed E-state index contributed by atoms with van der Waals surface area (Å²) in [5, 5.41) is 6.52. The number of nitrogens with one attached hydrogen (secondary N) is 2. The Kier molecular flexibility index (Phi) is 5.62. The molecule has 1 aliphatic rings. The minimum absolute atomic E-state index is 0.0607. The molecule has 1 heterocycles. The van der Waals surface area contributed by atoms with E-state index in [-0.39, 0.29) is 5.91 Å². The fourth-order valence-corrected chi connectivity index (χ4v) is 2.72. The Hall–Kier alpha value is -1.55. The van der Waals surface area contributed by atoms with Crippen molar-refractivity contribution in [3.8, 4) is 0 Å². The molecule has 0 spiro atoms. The van der Waals surface area contributed by atoms with Crippen molar-refractivity contribution in [1.82, 2.24) is 4.90 Å². The Balaban J connectivity index is 1.94. The molecule has 2 rings (SSSR count). The number of piperidine rings is 1. The highest BCUT2D eigenvalue weighted by atomic mass is 16.1. The Bertz CT molecular complexity index is 479. The molecule has 21 heavy (non-hydrogen) atoms. The van der Waals surface area contributed by atoms with Crippen LogP contribution in [0.5, 0.6) is 0 Å². The van der Waals surface area contributed by atoms with E-state index in [9.17, 15) is 4.79 Å². The molecule has 1 saturated heterocycles. The average Bonchev–Trinajstić information content (AvgIpc) is 2.49. The first-order valence-electron chi connectivity index (χ1n) is 7.92. The van der Waals surface area contributed by atoms with Crippen LogP contribution >= 0.6 is 0 Å². The second kappa shape index (κ2) is 7.46. The fourth-order valence-electron chi connectivity index (χ4n) is 2.72. The normalized spacial score (nSPS) is 16.7. The monoisotopic (exact) mass is 289 g/mol. The maximum atomic E-state index is 11.5. The fraction of sp³-hybridized carbons (Fsp3) is 0.588. The van der Waals surface area contributed by atoms with Gasteiger partial charge in [0.15, 0.2) is 0 Å². The van der Waals surface area contributed by atoms with Gasteiger partial charge in [0.05, 0.1) is 0 Å². The smallest absolute Gasteiger partial charge is 0.224 e. The van der Waals surface area contributed by atoms with Crippen molar-refractivity contribution in [3.05, 3.63) is 23.8 Å². The average molecular weight is 289 g/mol. The highest BCUT2D eigenvalue weighted by molar-refractivity contribution is 5.92. The van der Waals surface area contributed by atoms with Crippen LogP contribution in [0, 0.1) is 12.8 Å². The van der Waals surface area contributed by atoms with Crippen LogP contribution in [0.3, 0.4) is 0 Å². The summed E-state index contributed by atoms with van der Waals surface area (Å²) < 4.78 is 0. The van der Waals surface area contributed by atoms with Crippen LogP contribution in [-0.2, 0) is 4.79 Å². The molecule has 1 aromatic rings. The number of carbonyl (C=O) groups excluding carboxylic acids is 1.